The van der Waals surface area contributed by atoms with Gasteiger partial charge in [0.15, 0.2) is 0 Å². The van der Waals surface area contributed by atoms with Crippen LogP contribution in [-0.4, -0.2) is 5.11 Å². The van der Waals surface area contributed by atoms with Gasteiger partial charge in [0, 0.05) is 16.5 Å². The summed E-state index contributed by atoms with van der Waals surface area (Å²) in [6, 6.07) is 20.1. The molecule has 0 atom stereocenters. The van der Waals surface area contributed by atoms with E-state index in [4.69, 9.17) is 11.6 Å². The summed E-state index contributed by atoms with van der Waals surface area (Å²) in [4.78, 5) is 0. The third-order valence-corrected chi connectivity index (χ3v) is 4.42. The van der Waals surface area contributed by atoms with E-state index in [1.807, 2.05) is 48.5 Å². The second-order valence-corrected chi connectivity index (χ2v) is 5.82. The second-order valence-electron chi connectivity index (χ2n) is 5.42. The molecular weight excluding hydrogens is 311 g/mol. The minimum Gasteiger partial charge on any atom is -0.507 e. The highest BCUT2D eigenvalue weighted by Gasteiger charge is 2.18. The Morgan fingerprint density at radius 1 is 0.696 bits per heavy atom. The van der Waals surface area contributed by atoms with Gasteiger partial charge in [-0.3, -0.25) is 0 Å². The highest BCUT2D eigenvalue weighted by atomic mass is 35.5. The molecule has 0 aliphatic carbocycles. The van der Waals surface area contributed by atoms with Crippen molar-refractivity contribution in [3.8, 4) is 16.9 Å². The van der Waals surface area contributed by atoms with E-state index >= 15 is 0 Å². The van der Waals surface area contributed by atoms with Crippen LogP contribution in [0.4, 0.5) is 4.39 Å². The Morgan fingerprint density at radius 2 is 1.26 bits per heavy atom. The Kier molecular flexibility index (Phi) is 3.21. The standard InChI is InChI=1S/C20H12ClFO/c21-17-11-5-10-16(19(17)22)18-14-8-3-1-6-12(14)13-7-2-4-9-15(13)20(18)23/h1-11,23H. The number of hydrogen-bond acceptors (Lipinski definition) is 1. The fourth-order valence-corrected chi connectivity index (χ4v) is 3.27. The Balaban J connectivity index is 2.25. The number of halogens is 2. The van der Waals surface area contributed by atoms with E-state index in [0.717, 1.165) is 16.2 Å². The first-order valence-electron chi connectivity index (χ1n) is 7.25. The molecule has 1 nitrogen and oxygen atoms in total. The lowest BCUT2D eigenvalue weighted by Crippen LogP contribution is -1.90. The van der Waals surface area contributed by atoms with Crippen molar-refractivity contribution in [3.63, 3.8) is 0 Å². The largest absolute Gasteiger partial charge is 0.507 e. The minimum atomic E-state index is -0.523. The van der Waals surface area contributed by atoms with Gasteiger partial charge in [-0.1, -0.05) is 72.3 Å². The molecule has 0 aliphatic heterocycles. The van der Waals surface area contributed by atoms with Crippen LogP contribution in [0.3, 0.4) is 0 Å². The molecule has 0 saturated carbocycles. The van der Waals surface area contributed by atoms with Gasteiger partial charge in [0.2, 0.25) is 0 Å². The number of phenols is 1. The van der Waals surface area contributed by atoms with Gasteiger partial charge in [0.1, 0.15) is 11.6 Å². The molecule has 0 bridgehead atoms. The van der Waals surface area contributed by atoms with Crippen LogP contribution in [0.5, 0.6) is 5.75 Å². The maximum Gasteiger partial charge on any atom is 0.149 e. The van der Waals surface area contributed by atoms with E-state index < -0.39 is 5.82 Å². The quantitative estimate of drug-likeness (QED) is 0.416. The van der Waals surface area contributed by atoms with Crippen LogP contribution in [0.25, 0.3) is 32.7 Å². The van der Waals surface area contributed by atoms with Crippen LogP contribution in [0.1, 0.15) is 0 Å². The van der Waals surface area contributed by atoms with Crippen LogP contribution in [0.15, 0.2) is 66.7 Å². The zero-order chi connectivity index (χ0) is 16.0. The van der Waals surface area contributed by atoms with Crippen LogP contribution in [0.2, 0.25) is 5.02 Å². The Morgan fingerprint density at radius 3 is 1.96 bits per heavy atom. The lowest BCUT2D eigenvalue weighted by Gasteiger charge is -2.14. The summed E-state index contributed by atoms with van der Waals surface area (Å²) in [6.45, 7) is 0. The Labute approximate surface area is 137 Å². The predicted octanol–water partition coefficient (Wildman–Crippen LogP) is 6.16. The van der Waals surface area contributed by atoms with Crippen molar-refractivity contribution in [2.75, 3.05) is 0 Å². The van der Waals surface area contributed by atoms with Gasteiger partial charge in [-0.05, 0) is 22.2 Å². The van der Waals surface area contributed by atoms with Gasteiger partial charge in [-0.2, -0.15) is 0 Å². The summed E-state index contributed by atoms with van der Waals surface area (Å²) in [5.41, 5.74) is 0.774. The SMILES string of the molecule is Oc1c(-c2cccc(Cl)c2F)c2ccccc2c2ccccc12. The molecule has 23 heavy (non-hydrogen) atoms. The first-order chi connectivity index (χ1) is 11.2. The predicted molar refractivity (Wildman–Crippen MR) is 93.5 cm³/mol. The van der Waals surface area contributed by atoms with Crippen molar-refractivity contribution in [1.29, 1.82) is 0 Å². The lowest BCUT2D eigenvalue weighted by molar-refractivity contribution is 0.483. The van der Waals surface area contributed by atoms with Crippen LogP contribution < -0.4 is 0 Å². The van der Waals surface area contributed by atoms with Crippen molar-refractivity contribution < 1.29 is 9.50 Å². The first-order valence-corrected chi connectivity index (χ1v) is 7.63. The summed E-state index contributed by atoms with van der Waals surface area (Å²) in [5.74, 6) is -0.453. The normalized spacial score (nSPS) is 11.2. The molecule has 0 heterocycles. The van der Waals surface area contributed by atoms with Gasteiger partial charge in [0.05, 0.1) is 5.02 Å². The van der Waals surface area contributed by atoms with E-state index in [-0.39, 0.29) is 10.8 Å². The van der Waals surface area contributed by atoms with Crippen molar-refractivity contribution in [3.05, 3.63) is 77.6 Å². The zero-order valence-corrected chi connectivity index (χ0v) is 12.8. The summed E-state index contributed by atoms with van der Waals surface area (Å²) < 4.78 is 14.6. The summed E-state index contributed by atoms with van der Waals surface area (Å²) in [7, 11) is 0. The topological polar surface area (TPSA) is 20.2 Å². The van der Waals surface area contributed by atoms with E-state index in [1.165, 1.54) is 6.07 Å². The van der Waals surface area contributed by atoms with Gasteiger partial charge in [-0.25, -0.2) is 4.39 Å². The number of phenolic OH excluding ortho intramolecular Hbond substituents is 1. The van der Waals surface area contributed by atoms with Gasteiger partial charge in [-0.15, -0.1) is 0 Å². The van der Waals surface area contributed by atoms with E-state index in [9.17, 15) is 9.50 Å². The highest BCUT2D eigenvalue weighted by molar-refractivity contribution is 6.31. The number of aromatic hydroxyl groups is 1. The average Bonchev–Trinajstić information content (AvgIpc) is 2.59. The number of benzene rings is 4. The molecule has 112 valence electrons. The van der Waals surface area contributed by atoms with E-state index in [2.05, 4.69) is 0 Å². The van der Waals surface area contributed by atoms with E-state index in [1.54, 1.807) is 12.1 Å². The second kappa shape index (κ2) is 5.25. The molecule has 0 radical (unpaired) electrons. The molecule has 4 aromatic carbocycles. The Hall–Kier alpha value is -2.58. The maximum atomic E-state index is 14.6. The fourth-order valence-electron chi connectivity index (χ4n) is 3.09. The fraction of sp³-hybridized carbons (Fsp3) is 0. The summed E-state index contributed by atoms with van der Waals surface area (Å²) in [5, 5.41) is 14.2. The van der Waals surface area contributed by atoms with E-state index in [0.29, 0.717) is 16.5 Å². The van der Waals surface area contributed by atoms with Crippen LogP contribution in [-0.2, 0) is 0 Å². The molecule has 0 saturated heterocycles. The van der Waals surface area contributed by atoms with Gasteiger partial charge in [0.25, 0.3) is 0 Å². The molecule has 4 rings (SSSR count). The van der Waals surface area contributed by atoms with Crippen molar-refractivity contribution >= 4 is 33.1 Å². The molecule has 0 fully saturated rings. The highest BCUT2D eigenvalue weighted by Crippen LogP contribution is 2.44. The molecule has 0 aliphatic rings. The third kappa shape index (κ3) is 2.07. The number of rotatable bonds is 1. The van der Waals surface area contributed by atoms with Crippen molar-refractivity contribution in [2.45, 2.75) is 0 Å². The number of hydrogen-bond donors (Lipinski definition) is 1. The van der Waals surface area contributed by atoms with Crippen molar-refractivity contribution in [2.24, 2.45) is 0 Å². The number of fused-ring (bicyclic) bond motifs is 3. The zero-order valence-electron chi connectivity index (χ0n) is 12.1. The first kappa shape index (κ1) is 14.0. The van der Waals surface area contributed by atoms with Crippen LogP contribution in [0, 0.1) is 5.82 Å². The smallest absolute Gasteiger partial charge is 0.149 e. The monoisotopic (exact) mass is 322 g/mol. The molecule has 0 spiro atoms. The lowest BCUT2D eigenvalue weighted by atomic mass is 9.92. The van der Waals surface area contributed by atoms with Gasteiger partial charge >= 0.3 is 0 Å². The molecule has 0 aromatic heterocycles. The average molecular weight is 323 g/mol. The summed E-state index contributed by atoms with van der Waals surface area (Å²) >= 11 is 5.93. The van der Waals surface area contributed by atoms with Crippen LogP contribution >= 0.6 is 11.6 Å². The van der Waals surface area contributed by atoms with Gasteiger partial charge < -0.3 is 5.11 Å². The van der Waals surface area contributed by atoms with Crippen molar-refractivity contribution in [1.82, 2.24) is 0 Å². The molecule has 1 N–H and O–H groups in total. The Bertz CT molecular complexity index is 1060. The molecule has 0 amide bonds. The third-order valence-electron chi connectivity index (χ3n) is 4.13. The molecular formula is C20H12ClFO. The molecule has 4 aromatic rings. The minimum absolute atomic E-state index is 0.0409. The molecule has 0 unspecified atom stereocenters. The summed E-state index contributed by atoms with van der Waals surface area (Å²) in [6.07, 6.45) is 0. The maximum absolute atomic E-state index is 14.6. The molecule has 3 heteroatoms.